The Labute approximate surface area is 163 Å². The van der Waals surface area contributed by atoms with Gasteiger partial charge in [0.25, 0.3) is 5.56 Å². The predicted octanol–water partition coefficient (Wildman–Crippen LogP) is 3.39. The van der Waals surface area contributed by atoms with E-state index >= 15 is 0 Å². The number of hydrogen-bond acceptors (Lipinski definition) is 2. The number of carbonyl (C=O) groups excluding carboxylic acids is 1. The first-order valence-electron chi connectivity index (χ1n) is 9.55. The molecule has 0 saturated heterocycles. The van der Waals surface area contributed by atoms with Crippen LogP contribution in [0.1, 0.15) is 18.9 Å². The van der Waals surface area contributed by atoms with E-state index in [1.807, 2.05) is 66.1 Å². The Morgan fingerprint density at radius 1 is 0.929 bits per heavy atom. The second-order valence-corrected chi connectivity index (χ2v) is 7.14. The van der Waals surface area contributed by atoms with Gasteiger partial charge < -0.3 is 9.72 Å². The van der Waals surface area contributed by atoms with Crippen LogP contribution in [-0.4, -0.2) is 20.9 Å². The van der Waals surface area contributed by atoms with Crippen LogP contribution in [0.3, 0.4) is 0 Å². The van der Waals surface area contributed by atoms with Crippen molar-refractivity contribution in [3.8, 4) is 0 Å². The molecule has 2 aromatic heterocycles. The van der Waals surface area contributed by atoms with Gasteiger partial charge in [-0.3, -0.25) is 14.2 Å². The van der Waals surface area contributed by atoms with E-state index in [1.165, 1.54) is 5.56 Å². The summed E-state index contributed by atoms with van der Waals surface area (Å²) in [7, 11) is 0. The predicted molar refractivity (Wildman–Crippen MR) is 112 cm³/mol. The van der Waals surface area contributed by atoms with Crippen LogP contribution in [0.2, 0.25) is 0 Å². The van der Waals surface area contributed by atoms with Gasteiger partial charge in [0.15, 0.2) is 0 Å². The number of benzene rings is 2. The fourth-order valence-electron chi connectivity index (χ4n) is 3.63. The number of hydrogen-bond donors (Lipinski definition) is 1. The second-order valence-electron chi connectivity index (χ2n) is 7.14. The first kappa shape index (κ1) is 18.0. The van der Waals surface area contributed by atoms with Gasteiger partial charge in [-0.15, -0.1) is 0 Å². The summed E-state index contributed by atoms with van der Waals surface area (Å²) in [4.78, 5) is 25.5. The number of aryl methyl sites for hydroxylation is 1. The number of carbonyl (C=O) groups is 1. The Morgan fingerprint density at radius 3 is 2.39 bits per heavy atom. The Bertz CT molecular complexity index is 1170. The molecule has 0 aliphatic carbocycles. The second kappa shape index (κ2) is 7.72. The molecule has 5 nitrogen and oxygen atoms in total. The van der Waals surface area contributed by atoms with E-state index in [0.29, 0.717) is 5.52 Å². The van der Waals surface area contributed by atoms with Gasteiger partial charge in [0.1, 0.15) is 12.1 Å². The maximum Gasteiger partial charge on any atom is 0.275 e. The highest BCUT2D eigenvalue weighted by Gasteiger charge is 2.14. The third-order valence-electron chi connectivity index (χ3n) is 5.06. The molecule has 1 unspecified atom stereocenters. The molecule has 0 aliphatic rings. The number of fused-ring (bicyclic) bond motifs is 3. The SMILES string of the molecule is CC(CCc1ccccc1)NC(=O)Cn1c(=O)c2cccn2c2ccccc21. The van der Waals surface area contributed by atoms with Gasteiger partial charge in [0.2, 0.25) is 5.91 Å². The van der Waals surface area contributed by atoms with Crippen LogP contribution < -0.4 is 10.9 Å². The minimum Gasteiger partial charge on any atom is -0.352 e. The maximum absolute atomic E-state index is 12.9. The molecule has 28 heavy (non-hydrogen) atoms. The Balaban J connectivity index is 1.52. The fourth-order valence-corrected chi connectivity index (χ4v) is 3.63. The zero-order valence-electron chi connectivity index (χ0n) is 15.8. The topological polar surface area (TPSA) is 55.5 Å². The van der Waals surface area contributed by atoms with Gasteiger partial charge in [0.05, 0.1) is 11.0 Å². The molecule has 1 N–H and O–H groups in total. The zero-order valence-corrected chi connectivity index (χ0v) is 15.8. The number of amides is 1. The number of nitrogens with zero attached hydrogens (tertiary/aromatic N) is 2. The van der Waals surface area contributed by atoms with E-state index in [9.17, 15) is 9.59 Å². The van der Waals surface area contributed by atoms with Crippen LogP contribution in [0.4, 0.5) is 0 Å². The molecule has 4 aromatic rings. The minimum absolute atomic E-state index is 0.0106. The van der Waals surface area contributed by atoms with Crippen molar-refractivity contribution in [3.05, 3.63) is 88.8 Å². The Hall–Kier alpha value is -3.34. The van der Waals surface area contributed by atoms with Gasteiger partial charge >= 0.3 is 0 Å². The molecule has 0 spiro atoms. The van der Waals surface area contributed by atoms with Gasteiger partial charge in [0, 0.05) is 12.2 Å². The summed E-state index contributed by atoms with van der Waals surface area (Å²) >= 11 is 0. The first-order chi connectivity index (χ1) is 13.6. The van der Waals surface area contributed by atoms with Crippen molar-refractivity contribution in [2.24, 2.45) is 0 Å². The van der Waals surface area contributed by atoms with Crippen molar-refractivity contribution in [1.82, 2.24) is 14.3 Å². The van der Waals surface area contributed by atoms with Crippen molar-refractivity contribution in [2.45, 2.75) is 32.4 Å². The summed E-state index contributed by atoms with van der Waals surface area (Å²) in [6, 6.07) is 21.5. The van der Waals surface area contributed by atoms with E-state index < -0.39 is 0 Å². The van der Waals surface area contributed by atoms with E-state index in [-0.39, 0.29) is 24.1 Å². The van der Waals surface area contributed by atoms with Crippen LogP contribution in [0, 0.1) is 0 Å². The monoisotopic (exact) mass is 373 g/mol. The number of rotatable bonds is 6. The van der Waals surface area contributed by atoms with Crippen molar-refractivity contribution < 1.29 is 4.79 Å². The van der Waals surface area contributed by atoms with E-state index in [2.05, 4.69) is 17.4 Å². The normalized spacial score (nSPS) is 12.3. The molecule has 0 radical (unpaired) electrons. The minimum atomic E-state index is -0.157. The molecule has 0 aliphatic heterocycles. The summed E-state index contributed by atoms with van der Waals surface area (Å²) in [5.41, 5.74) is 3.33. The summed E-state index contributed by atoms with van der Waals surface area (Å²) in [5, 5.41) is 3.03. The molecule has 2 heterocycles. The number of nitrogens with one attached hydrogen (secondary N) is 1. The molecule has 1 atom stereocenters. The van der Waals surface area contributed by atoms with Crippen LogP contribution in [0.15, 0.2) is 77.7 Å². The van der Waals surface area contributed by atoms with E-state index in [4.69, 9.17) is 0 Å². The quantitative estimate of drug-likeness (QED) is 0.563. The lowest BCUT2D eigenvalue weighted by Crippen LogP contribution is -2.38. The molecular weight excluding hydrogens is 350 g/mol. The first-order valence-corrected chi connectivity index (χ1v) is 9.55. The van der Waals surface area contributed by atoms with Crippen LogP contribution in [0.25, 0.3) is 16.6 Å². The standard InChI is InChI=1S/C23H23N3O2/c1-17(13-14-18-8-3-2-4-9-18)24-22(27)16-26-20-11-6-5-10-19(20)25-15-7-12-21(25)23(26)28/h2-12,15,17H,13-14,16H2,1H3,(H,24,27). The van der Waals surface area contributed by atoms with Crippen molar-refractivity contribution >= 4 is 22.5 Å². The highest BCUT2D eigenvalue weighted by atomic mass is 16.2. The molecule has 2 aromatic carbocycles. The highest BCUT2D eigenvalue weighted by Crippen LogP contribution is 2.15. The fraction of sp³-hybridized carbons (Fsp3) is 0.217. The number of para-hydroxylation sites is 2. The average molecular weight is 373 g/mol. The summed E-state index contributed by atoms with van der Waals surface area (Å²) < 4.78 is 3.43. The molecule has 5 heteroatoms. The van der Waals surface area contributed by atoms with Crippen molar-refractivity contribution in [3.63, 3.8) is 0 Å². The Kier molecular flexibility index (Phi) is 4.98. The number of aromatic nitrogens is 2. The molecule has 4 rings (SSSR count). The highest BCUT2D eigenvalue weighted by molar-refractivity contribution is 5.82. The molecule has 0 saturated carbocycles. The molecular formula is C23H23N3O2. The van der Waals surface area contributed by atoms with Crippen LogP contribution in [-0.2, 0) is 17.8 Å². The summed E-state index contributed by atoms with van der Waals surface area (Å²) in [6.07, 6.45) is 3.62. The lowest BCUT2D eigenvalue weighted by atomic mass is 10.1. The summed E-state index contributed by atoms with van der Waals surface area (Å²) in [5.74, 6) is -0.149. The molecule has 0 fully saturated rings. The Morgan fingerprint density at radius 2 is 1.61 bits per heavy atom. The van der Waals surface area contributed by atoms with Crippen LogP contribution >= 0.6 is 0 Å². The van der Waals surface area contributed by atoms with Crippen molar-refractivity contribution in [1.29, 1.82) is 0 Å². The third kappa shape index (κ3) is 3.56. The summed E-state index contributed by atoms with van der Waals surface area (Å²) in [6.45, 7) is 2.01. The maximum atomic E-state index is 12.9. The van der Waals surface area contributed by atoms with Gasteiger partial charge in [-0.05, 0) is 49.6 Å². The zero-order chi connectivity index (χ0) is 19.5. The van der Waals surface area contributed by atoms with E-state index in [0.717, 1.165) is 23.9 Å². The molecule has 0 bridgehead atoms. The van der Waals surface area contributed by atoms with Gasteiger partial charge in [-0.25, -0.2) is 0 Å². The van der Waals surface area contributed by atoms with Crippen molar-refractivity contribution in [2.75, 3.05) is 0 Å². The third-order valence-corrected chi connectivity index (χ3v) is 5.06. The smallest absolute Gasteiger partial charge is 0.275 e. The van der Waals surface area contributed by atoms with Crippen LogP contribution in [0.5, 0.6) is 0 Å². The lowest BCUT2D eigenvalue weighted by Gasteiger charge is -2.16. The lowest BCUT2D eigenvalue weighted by molar-refractivity contribution is -0.122. The molecule has 142 valence electrons. The largest absolute Gasteiger partial charge is 0.352 e. The average Bonchev–Trinajstić information content (AvgIpc) is 3.21. The van der Waals surface area contributed by atoms with Gasteiger partial charge in [-0.2, -0.15) is 0 Å². The molecule has 1 amide bonds. The van der Waals surface area contributed by atoms with Gasteiger partial charge in [-0.1, -0.05) is 42.5 Å². The van der Waals surface area contributed by atoms with E-state index in [1.54, 1.807) is 10.6 Å².